The molecule has 0 bridgehead atoms. The summed E-state index contributed by atoms with van der Waals surface area (Å²) in [4.78, 5) is 24.4. The van der Waals surface area contributed by atoms with Gasteiger partial charge in [0.2, 0.25) is 0 Å². The first-order chi connectivity index (χ1) is 8.10. The summed E-state index contributed by atoms with van der Waals surface area (Å²) in [6.45, 7) is 6.26. The SMILES string of the molecule is CCOC(=O)N(CCN)C(=O)NC(CC)CC. The number of amides is 3. The van der Waals surface area contributed by atoms with E-state index in [1.807, 2.05) is 13.8 Å². The molecule has 0 fully saturated rings. The molecule has 6 nitrogen and oxygen atoms in total. The Morgan fingerprint density at radius 3 is 2.29 bits per heavy atom. The van der Waals surface area contributed by atoms with Crippen molar-refractivity contribution in [3.63, 3.8) is 0 Å². The van der Waals surface area contributed by atoms with Gasteiger partial charge < -0.3 is 15.8 Å². The second kappa shape index (κ2) is 8.81. The van der Waals surface area contributed by atoms with E-state index >= 15 is 0 Å². The van der Waals surface area contributed by atoms with Gasteiger partial charge in [0.15, 0.2) is 0 Å². The average molecular weight is 245 g/mol. The van der Waals surface area contributed by atoms with Crippen LogP contribution >= 0.6 is 0 Å². The lowest BCUT2D eigenvalue weighted by molar-refractivity contribution is 0.114. The maximum atomic E-state index is 11.8. The van der Waals surface area contributed by atoms with Gasteiger partial charge in [-0.2, -0.15) is 0 Å². The lowest BCUT2D eigenvalue weighted by Gasteiger charge is -2.23. The number of imide groups is 1. The molecule has 3 N–H and O–H groups in total. The minimum atomic E-state index is -0.651. The first-order valence-corrected chi connectivity index (χ1v) is 6.05. The van der Waals surface area contributed by atoms with Crippen LogP contribution in [0.5, 0.6) is 0 Å². The van der Waals surface area contributed by atoms with Crippen molar-refractivity contribution in [2.45, 2.75) is 39.7 Å². The molecule has 0 heterocycles. The Hall–Kier alpha value is -1.30. The van der Waals surface area contributed by atoms with E-state index in [2.05, 4.69) is 5.32 Å². The standard InChI is InChI=1S/C11H23N3O3/c1-4-9(5-2)13-10(15)14(8-7-12)11(16)17-6-3/h9H,4-8,12H2,1-3H3,(H,13,15). The number of nitrogens with zero attached hydrogens (tertiary/aromatic N) is 1. The molecule has 0 aliphatic rings. The first-order valence-electron chi connectivity index (χ1n) is 6.05. The Bertz CT molecular complexity index is 242. The van der Waals surface area contributed by atoms with Crippen molar-refractivity contribution in [2.75, 3.05) is 19.7 Å². The summed E-state index contributed by atoms with van der Waals surface area (Å²) in [7, 11) is 0. The van der Waals surface area contributed by atoms with E-state index in [1.54, 1.807) is 6.92 Å². The monoisotopic (exact) mass is 245 g/mol. The van der Waals surface area contributed by atoms with Gasteiger partial charge in [0.05, 0.1) is 6.61 Å². The van der Waals surface area contributed by atoms with Crippen LogP contribution in [0.1, 0.15) is 33.6 Å². The third kappa shape index (κ3) is 5.53. The third-order valence-electron chi connectivity index (χ3n) is 2.40. The van der Waals surface area contributed by atoms with Crippen molar-refractivity contribution >= 4 is 12.1 Å². The fraction of sp³-hybridized carbons (Fsp3) is 0.818. The molecule has 0 aromatic heterocycles. The van der Waals surface area contributed by atoms with Crippen molar-refractivity contribution in [1.29, 1.82) is 0 Å². The summed E-state index contributed by atoms with van der Waals surface area (Å²) in [5.74, 6) is 0. The molecule has 6 heteroatoms. The highest BCUT2D eigenvalue weighted by Gasteiger charge is 2.23. The fourth-order valence-electron chi connectivity index (χ4n) is 1.35. The van der Waals surface area contributed by atoms with E-state index in [0.29, 0.717) is 0 Å². The Morgan fingerprint density at radius 2 is 1.88 bits per heavy atom. The number of urea groups is 1. The minimum absolute atomic E-state index is 0.0669. The van der Waals surface area contributed by atoms with Crippen LogP contribution in [0.3, 0.4) is 0 Å². The molecule has 0 radical (unpaired) electrons. The predicted octanol–water partition coefficient (Wildman–Crippen LogP) is 1.30. The molecular weight excluding hydrogens is 222 g/mol. The van der Waals surface area contributed by atoms with Gasteiger partial charge >= 0.3 is 12.1 Å². The molecule has 0 saturated heterocycles. The van der Waals surface area contributed by atoms with Gasteiger partial charge in [0.1, 0.15) is 0 Å². The second-order valence-electron chi connectivity index (χ2n) is 3.60. The lowest BCUT2D eigenvalue weighted by atomic mass is 10.2. The molecule has 0 unspecified atom stereocenters. The highest BCUT2D eigenvalue weighted by molar-refractivity contribution is 5.91. The van der Waals surface area contributed by atoms with E-state index in [-0.39, 0.29) is 25.7 Å². The van der Waals surface area contributed by atoms with Gasteiger partial charge in [-0.05, 0) is 19.8 Å². The summed E-state index contributed by atoms with van der Waals surface area (Å²) in [6.07, 6.45) is 0.990. The molecule has 0 atom stereocenters. The average Bonchev–Trinajstić information content (AvgIpc) is 2.32. The number of nitrogens with one attached hydrogen (secondary N) is 1. The number of hydrogen-bond acceptors (Lipinski definition) is 4. The van der Waals surface area contributed by atoms with Gasteiger partial charge in [-0.15, -0.1) is 0 Å². The predicted molar refractivity (Wildman–Crippen MR) is 65.7 cm³/mol. The van der Waals surface area contributed by atoms with Crippen LogP contribution in [0.25, 0.3) is 0 Å². The summed E-state index contributed by atoms with van der Waals surface area (Å²) >= 11 is 0. The molecule has 0 aromatic carbocycles. The third-order valence-corrected chi connectivity index (χ3v) is 2.40. The number of carbonyl (C=O) groups excluding carboxylic acids is 2. The normalized spacial score (nSPS) is 10.2. The van der Waals surface area contributed by atoms with E-state index in [0.717, 1.165) is 17.7 Å². The molecule has 0 aliphatic heterocycles. The molecule has 3 amide bonds. The quantitative estimate of drug-likeness (QED) is 0.738. The molecule has 17 heavy (non-hydrogen) atoms. The summed E-state index contributed by atoms with van der Waals surface area (Å²) < 4.78 is 4.80. The second-order valence-corrected chi connectivity index (χ2v) is 3.60. The Morgan fingerprint density at radius 1 is 1.29 bits per heavy atom. The topological polar surface area (TPSA) is 84.7 Å². The van der Waals surface area contributed by atoms with Gasteiger partial charge in [-0.25, -0.2) is 14.5 Å². The largest absolute Gasteiger partial charge is 0.449 e. The highest BCUT2D eigenvalue weighted by Crippen LogP contribution is 2.00. The molecule has 0 aliphatic carbocycles. The van der Waals surface area contributed by atoms with Crippen molar-refractivity contribution in [2.24, 2.45) is 5.73 Å². The van der Waals surface area contributed by atoms with Crippen LogP contribution in [0, 0.1) is 0 Å². The van der Waals surface area contributed by atoms with E-state index in [1.165, 1.54) is 0 Å². The summed E-state index contributed by atoms with van der Waals surface area (Å²) in [6, 6.07) is -0.375. The van der Waals surface area contributed by atoms with Crippen LogP contribution in [0.2, 0.25) is 0 Å². The van der Waals surface area contributed by atoms with E-state index < -0.39 is 12.1 Å². The molecule has 0 rings (SSSR count). The van der Waals surface area contributed by atoms with Gasteiger partial charge in [0, 0.05) is 19.1 Å². The van der Waals surface area contributed by atoms with Crippen LogP contribution < -0.4 is 11.1 Å². The van der Waals surface area contributed by atoms with Gasteiger partial charge in [0.25, 0.3) is 0 Å². The van der Waals surface area contributed by atoms with Crippen LogP contribution in [0.15, 0.2) is 0 Å². The Balaban J connectivity index is 4.47. The lowest BCUT2D eigenvalue weighted by Crippen LogP contribution is -2.49. The van der Waals surface area contributed by atoms with Crippen LogP contribution in [0.4, 0.5) is 9.59 Å². The smallest absolute Gasteiger partial charge is 0.418 e. The summed E-state index contributed by atoms with van der Waals surface area (Å²) in [5, 5.41) is 2.77. The molecule has 0 aromatic rings. The zero-order valence-electron chi connectivity index (χ0n) is 10.9. The number of carbonyl (C=O) groups is 2. The van der Waals surface area contributed by atoms with Crippen molar-refractivity contribution in [3.8, 4) is 0 Å². The zero-order valence-corrected chi connectivity index (χ0v) is 10.9. The molecule has 100 valence electrons. The molecular formula is C11H23N3O3. The Labute approximate surface area is 102 Å². The fourth-order valence-corrected chi connectivity index (χ4v) is 1.35. The van der Waals surface area contributed by atoms with E-state index in [4.69, 9.17) is 10.5 Å². The molecule has 0 spiro atoms. The Kier molecular flexibility index (Phi) is 8.13. The zero-order chi connectivity index (χ0) is 13.3. The number of rotatable bonds is 6. The van der Waals surface area contributed by atoms with Crippen molar-refractivity contribution < 1.29 is 14.3 Å². The van der Waals surface area contributed by atoms with Crippen molar-refractivity contribution in [3.05, 3.63) is 0 Å². The van der Waals surface area contributed by atoms with Crippen molar-refractivity contribution in [1.82, 2.24) is 10.2 Å². The first kappa shape index (κ1) is 15.7. The van der Waals surface area contributed by atoms with Gasteiger partial charge in [-0.1, -0.05) is 13.8 Å². The van der Waals surface area contributed by atoms with E-state index in [9.17, 15) is 9.59 Å². The maximum absolute atomic E-state index is 11.8. The van der Waals surface area contributed by atoms with Crippen LogP contribution in [-0.4, -0.2) is 42.8 Å². The minimum Gasteiger partial charge on any atom is -0.449 e. The van der Waals surface area contributed by atoms with Crippen LogP contribution in [-0.2, 0) is 4.74 Å². The van der Waals surface area contributed by atoms with Gasteiger partial charge in [-0.3, -0.25) is 0 Å². The highest BCUT2D eigenvalue weighted by atomic mass is 16.6. The maximum Gasteiger partial charge on any atom is 0.418 e. The molecule has 0 saturated carbocycles. The summed E-state index contributed by atoms with van der Waals surface area (Å²) in [5.41, 5.74) is 5.37. The number of nitrogens with two attached hydrogens (primary N) is 1. The number of ether oxygens (including phenoxy) is 1. The number of hydrogen-bond donors (Lipinski definition) is 2.